The van der Waals surface area contributed by atoms with Crippen LogP contribution in [0.1, 0.15) is 30.0 Å². The fraction of sp³-hybridized carbons (Fsp3) is 0.333. The van der Waals surface area contributed by atoms with Crippen LogP contribution in [0.4, 0.5) is 4.79 Å². The third kappa shape index (κ3) is 5.74. The summed E-state index contributed by atoms with van der Waals surface area (Å²) in [4.78, 5) is 24.1. The Balaban J connectivity index is 1.41. The second-order valence-electron chi connectivity index (χ2n) is 6.49. The van der Waals surface area contributed by atoms with Gasteiger partial charge >= 0.3 is 6.03 Å². The third-order valence-electron chi connectivity index (χ3n) is 4.48. The number of nitrogens with one attached hydrogen (secondary N) is 3. The Morgan fingerprint density at radius 1 is 1.00 bits per heavy atom. The number of amides is 3. The largest absolute Gasteiger partial charge is 0.493 e. The van der Waals surface area contributed by atoms with Crippen molar-refractivity contribution in [3.8, 4) is 5.75 Å². The SMILES string of the molecule is O=C(CNC(=O)NC1CCCOc2ccccc21)NCCc1ccccc1. The molecule has 0 fully saturated rings. The molecule has 0 saturated heterocycles. The van der Waals surface area contributed by atoms with Gasteiger partial charge in [-0.2, -0.15) is 0 Å². The van der Waals surface area contributed by atoms with Gasteiger partial charge in [-0.05, 0) is 30.9 Å². The van der Waals surface area contributed by atoms with Crippen LogP contribution in [-0.2, 0) is 11.2 Å². The van der Waals surface area contributed by atoms with Gasteiger partial charge in [-0.25, -0.2) is 4.79 Å². The predicted octanol–water partition coefficient (Wildman–Crippen LogP) is 2.56. The molecule has 1 unspecified atom stereocenters. The molecule has 0 aromatic heterocycles. The van der Waals surface area contributed by atoms with Gasteiger partial charge in [0.15, 0.2) is 0 Å². The first-order valence-electron chi connectivity index (χ1n) is 9.29. The van der Waals surface area contributed by atoms with E-state index < -0.39 is 0 Å². The molecule has 1 atom stereocenters. The predicted molar refractivity (Wildman–Crippen MR) is 104 cm³/mol. The number of para-hydroxylation sites is 1. The van der Waals surface area contributed by atoms with Gasteiger partial charge in [0.1, 0.15) is 5.75 Å². The topological polar surface area (TPSA) is 79.5 Å². The normalized spacial score (nSPS) is 15.6. The molecule has 0 spiro atoms. The van der Waals surface area contributed by atoms with E-state index in [4.69, 9.17) is 4.74 Å². The molecule has 3 N–H and O–H groups in total. The van der Waals surface area contributed by atoms with Crippen LogP contribution in [0, 0.1) is 0 Å². The van der Waals surface area contributed by atoms with Gasteiger partial charge < -0.3 is 20.7 Å². The lowest BCUT2D eigenvalue weighted by atomic mass is 10.0. The van der Waals surface area contributed by atoms with E-state index in [1.54, 1.807) is 0 Å². The van der Waals surface area contributed by atoms with Gasteiger partial charge in [0.2, 0.25) is 5.91 Å². The molecule has 27 heavy (non-hydrogen) atoms. The van der Waals surface area contributed by atoms with E-state index in [1.165, 1.54) is 0 Å². The van der Waals surface area contributed by atoms with Gasteiger partial charge in [0.25, 0.3) is 0 Å². The first kappa shape index (κ1) is 18.8. The van der Waals surface area contributed by atoms with Crippen LogP contribution in [-0.4, -0.2) is 31.6 Å². The lowest BCUT2D eigenvalue weighted by molar-refractivity contribution is -0.120. The molecule has 0 saturated carbocycles. The highest BCUT2D eigenvalue weighted by molar-refractivity contribution is 5.84. The Labute approximate surface area is 159 Å². The van der Waals surface area contributed by atoms with Crippen molar-refractivity contribution >= 4 is 11.9 Å². The first-order chi connectivity index (χ1) is 13.2. The maximum atomic E-state index is 12.2. The molecule has 0 bridgehead atoms. The molecule has 2 aromatic rings. The minimum absolute atomic E-state index is 0.0501. The number of hydrogen-bond donors (Lipinski definition) is 3. The van der Waals surface area contributed by atoms with Gasteiger partial charge in [0, 0.05) is 12.1 Å². The standard InChI is InChI=1S/C21H25N3O3/c25-20(22-13-12-16-7-2-1-3-8-16)15-23-21(26)24-18-10-6-14-27-19-11-5-4-9-17(18)19/h1-5,7-9,11,18H,6,10,12-15H2,(H,22,25)(H2,23,24,26). The monoisotopic (exact) mass is 367 g/mol. The highest BCUT2D eigenvalue weighted by atomic mass is 16.5. The summed E-state index contributed by atoms with van der Waals surface area (Å²) in [6.45, 7) is 1.13. The zero-order chi connectivity index (χ0) is 18.9. The van der Waals surface area contributed by atoms with E-state index in [9.17, 15) is 9.59 Å². The molecule has 1 aliphatic heterocycles. The van der Waals surface area contributed by atoms with Crippen LogP contribution in [0.3, 0.4) is 0 Å². The minimum atomic E-state index is -0.352. The zero-order valence-corrected chi connectivity index (χ0v) is 15.2. The maximum absolute atomic E-state index is 12.2. The Kier molecular flexibility index (Phi) is 6.68. The number of carbonyl (C=O) groups is 2. The molecule has 3 amide bonds. The average molecular weight is 367 g/mol. The van der Waals surface area contributed by atoms with Crippen LogP contribution in [0.2, 0.25) is 0 Å². The fourth-order valence-electron chi connectivity index (χ4n) is 3.10. The van der Waals surface area contributed by atoms with Crippen molar-refractivity contribution in [1.82, 2.24) is 16.0 Å². The molecule has 6 nitrogen and oxygen atoms in total. The van der Waals surface area contributed by atoms with Gasteiger partial charge in [-0.3, -0.25) is 4.79 Å². The average Bonchev–Trinajstić information content (AvgIpc) is 2.90. The molecule has 3 rings (SSSR count). The second kappa shape index (κ2) is 9.62. The molecular weight excluding hydrogens is 342 g/mol. The van der Waals surface area contributed by atoms with E-state index in [0.29, 0.717) is 13.2 Å². The molecule has 1 heterocycles. The Hall–Kier alpha value is -3.02. The molecule has 0 aliphatic carbocycles. The highest BCUT2D eigenvalue weighted by Gasteiger charge is 2.21. The molecule has 2 aromatic carbocycles. The Bertz CT molecular complexity index is 764. The van der Waals surface area contributed by atoms with Crippen molar-refractivity contribution in [3.05, 3.63) is 65.7 Å². The van der Waals surface area contributed by atoms with Crippen LogP contribution >= 0.6 is 0 Å². The molecular formula is C21H25N3O3. The van der Waals surface area contributed by atoms with E-state index in [0.717, 1.165) is 36.1 Å². The van der Waals surface area contributed by atoms with E-state index >= 15 is 0 Å². The van der Waals surface area contributed by atoms with E-state index in [2.05, 4.69) is 16.0 Å². The van der Waals surface area contributed by atoms with Gasteiger partial charge in [-0.15, -0.1) is 0 Å². The molecule has 6 heteroatoms. The lowest BCUT2D eigenvalue weighted by Gasteiger charge is -2.18. The number of urea groups is 1. The summed E-state index contributed by atoms with van der Waals surface area (Å²) in [5.41, 5.74) is 2.13. The molecule has 0 radical (unpaired) electrons. The third-order valence-corrected chi connectivity index (χ3v) is 4.48. The lowest BCUT2D eigenvalue weighted by Crippen LogP contribution is -2.43. The van der Waals surface area contributed by atoms with Gasteiger partial charge in [0.05, 0.1) is 19.2 Å². The van der Waals surface area contributed by atoms with Crippen molar-refractivity contribution in [1.29, 1.82) is 0 Å². The van der Waals surface area contributed by atoms with Crippen LogP contribution < -0.4 is 20.7 Å². The minimum Gasteiger partial charge on any atom is -0.493 e. The van der Waals surface area contributed by atoms with Crippen LogP contribution in [0.15, 0.2) is 54.6 Å². The highest BCUT2D eigenvalue weighted by Crippen LogP contribution is 2.30. The number of fused-ring (bicyclic) bond motifs is 1. The van der Waals surface area contributed by atoms with Crippen molar-refractivity contribution in [2.45, 2.75) is 25.3 Å². The Morgan fingerprint density at radius 3 is 2.63 bits per heavy atom. The van der Waals surface area contributed by atoms with E-state index in [1.807, 2.05) is 54.6 Å². The summed E-state index contributed by atoms with van der Waals surface area (Å²) < 4.78 is 5.70. The number of benzene rings is 2. The second-order valence-corrected chi connectivity index (χ2v) is 6.49. The summed E-state index contributed by atoms with van der Waals surface area (Å²) in [6.07, 6.45) is 2.42. The maximum Gasteiger partial charge on any atom is 0.315 e. The van der Waals surface area contributed by atoms with Crippen molar-refractivity contribution < 1.29 is 14.3 Å². The summed E-state index contributed by atoms with van der Waals surface area (Å²) >= 11 is 0. The van der Waals surface area contributed by atoms with Crippen molar-refractivity contribution in [3.63, 3.8) is 0 Å². The summed E-state index contributed by atoms with van der Waals surface area (Å²) in [5.74, 6) is 0.602. The Morgan fingerprint density at radius 2 is 1.78 bits per heavy atom. The smallest absolute Gasteiger partial charge is 0.315 e. The first-order valence-corrected chi connectivity index (χ1v) is 9.29. The molecule has 1 aliphatic rings. The van der Waals surface area contributed by atoms with Crippen molar-refractivity contribution in [2.24, 2.45) is 0 Å². The summed E-state index contributed by atoms with van der Waals surface area (Å²) in [7, 11) is 0. The summed E-state index contributed by atoms with van der Waals surface area (Å²) in [6, 6.07) is 17.2. The number of hydrogen-bond acceptors (Lipinski definition) is 3. The van der Waals surface area contributed by atoms with Crippen LogP contribution in [0.25, 0.3) is 0 Å². The number of carbonyl (C=O) groups excluding carboxylic acids is 2. The fourth-order valence-corrected chi connectivity index (χ4v) is 3.10. The van der Waals surface area contributed by atoms with Gasteiger partial charge in [-0.1, -0.05) is 48.5 Å². The number of rotatable bonds is 6. The quantitative estimate of drug-likeness (QED) is 0.734. The number of ether oxygens (including phenoxy) is 1. The summed E-state index contributed by atoms with van der Waals surface area (Å²) in [5, 5.41) is 8.38. The van der Waals surface area contributed by atoms with Crippen molar-refractivity contribution in [2.75, 3.05) is 19.7 Å². The van der Waals surface area contributed by atoms with Crippen LogP contribution in [0.5, 0.6) is 5.75 Å². The van der Waals surface area contributed by atoms with E-state index in [-0.39, 0.29) is 24.5 Å². The molecule has 142 valence electrons. The zero-order valence-electron chi connectivity index (χ0n) is 15.2.